The first kappa shape index (κ1) is 8.75. The highest BCUT2D eigenvalue weighted by Crippen LogP contribution is 2.09. The molecule has 1 radical (unpaired) electrons. The maximum atomic E-state index is 5.64. The number of nitrogens with two attached hydrogens (primary N) is 1. The molecule has 2 heteroatoms. The van der Waals surface area contributed by atoms with Crippen LogP contribution >= 0.6 is 0 Å². The molecule has 2 aromatic rings. The van der Waals surface area contributed by atoms with Crippen LogP contribution in [0.25, 0.3) is 0 Å². The van der Waals surface area contributed by atoms with Gasteiger partial charge in [-0.3, -0.25) is 4.98 Å². The van der Waals surface area contributed by atoms with Crippen LogP contribution in [0, 0.1) is 6.07 Å². The summed E-state index contributed by atoms with van der Waals surface area (Å²) in [5, 5.41) is 0. The standard InChI is InChI=1S/C12H11N2/c13-11-5-3-4-10(8-11)9-12-6-1-2-7-14-12/h1-4,6-8H,9,13H2. The lowest BCUT2D eigenvalue weighted by Gasteiger charge is -2.01. The molecule has 0 saturated heterocycles. The molecule has 0 fully saturated rings. The maximum Gasteiger partial charge on any atom is 0.0447 e. The van der Waals surface area contributed by atoms with Crippen molar-refractivity contribution in [3.8, 4) is 0 Å². The Hall–Kier alpha value is -1.83. The molecule has 0 saturated carbocycles. The van der Waals surface area contributed by atoms with E-state index < -0.39 is 0 Å². The van der Waals surface area contributed by atoms with Crippen molar-refractivity contribution in [2.75, 3.05) is 5.73 Å². The molecule has 0 amide bonds. The fourth-order valence-corrected chi connectivity index (χ4v) is 1.36. The first-order valence-corrected chi connectivity index (χ1v) is 4.50. The third-order valence-electron chi connectivity index (χ3n) is 2.00. The van der Waals surface area contributed by atoms with Crippen LogP contribution in [0.4, 0.5) is 5.69 Å². The zero-order valence-corrected chi connectivity index (χ0v) is 7.77. The fraction of sp³-hybridized carbons (Fsp3) is 0.0833. The van der Waals surface area contributed by atoms with Crippen LogP contribution in [0.5, 0.6) is 0 Å². The van der Waals surface area contributed by atoms with E-state index in [4.69, 9.17) is 5.73 Å². The molecule has 0 aliphatic rings. The third kappa shape index (κ3) is 2.10. The Morgan fingerprint density at radius 3 is 2.93 bits per heavy atom. The van der Waals surface area contributed by atoms with Crippen molar-refractivity contribution in [1.29, 1.82) is 0 Å². The highest BCUT2D eigenvalue weighted by molar-refractivity contribution is 5.40. The topological polar surface area (TPSA) is 38.9 Å². The molecular formula is C12H11N2. The lowest BCUT2D eigenvalue weighted by molar-refractivity contribution is 1.07. The van der Waals surface area contributed by atoms with E-state index in [1.165, 1.54) is 5.56 Å². The number of hydrogen-bond donors (Lipinski definition) is 1. The predicted octanol–water partition coefficient (Wildman–Crippen LogP) is 2.05. The molecule has 69 valence electrons. The molecule has 2 nitrogen and oxygen atoms in total. The van der Waals surface area contributed by atoms with Gasteiger partial charge < -0.3 is 5.73 Å². The molecule has 1 aromatic heterocycles. The summed E-state index contributed by atoms with van der Waals surface area (Å²) >= 11 is 0. The summed E-state index contributed by atoms with van der Waals surface area (Å²) in [6.45, 7) is 0. The number of nitrogens with zero attached hydrogens (tertiary/aromatic N) is 1. The van der Waals surface area contributed by atoms with Crippen molar-refractivity contribution in [3.05, 3.63) is 59.9 Å². The van der Waals surface area contributed by atoms with Crippen molar-refractivity contribution in [2.45, 2.75) is 6.42 Å². The quantitative estimate of drug-likeness (QED) is 0.724. The number of pyridine rings is 1. The Kier molecular flexibility index (Phi) is 2.45. The minimum absolute atomic E-state index is 0.679. The van der Waals surface area contributed by atoms with Gasteiger partial charge in [-0.05, 0) is 23.8 Å². The number of benzene rings is 1. The Labute approximate surface area is 83.4 Å². The summed E-state index contributed by atoms with van der Waals surface area (Å²) in [5.74, 6) is 0. The van der Waals surface area contributed by atoms with Gasteiger partial charge in [0.2, 0.25) is 0 Å². The summed E-state index contributed by atoms with van der Waals surface area (Å²) in [7, 11) is 0. The molecule has 2 rings (SSSR count). The van der Waals surface area contributed by atoms with Gasteiger partial charge in [-0.15, -0.1) is 0 Å². The molecule has 0 aliphatic heterocycles. The van der Waals surface area contributed by atoms with Gasteiger partial charge in [0.15, 0.2) is 0 Å². The van der Waals surface area contributed by atoms with Gasteiger partial charge in [0.1, 0.15) is 0 Å². The SMILES string of the molecule is Nc1[c]ccc(Cc2ccccn2)c1. The minimum atomic E-state index is 0.679. The fourth-order valence-electron chi connectivity index (χ4n) is 1.36. The first-order valence-electron chi connectivity index (χ1n) is 4.50. The monoisotopic (exact) mass is 183 g/mol. The average molecular weight is 183 g/mol. The predicted molar refractivity (Wildman–Crippen MR) is 56.7 cm³/mol. The lowest BCUT2D eigenvalue weighted by Crippen LogP contribution is -1.92. The van der Waals surface area contributed by atoms with E-state index in [9.17, 15) is 0 Å². The van der Waals surface area contributed by atoms with E-state index in [0.29, 0.717) is 5.69 Å². The Morgan fingerprint density at radius 2 is 2.21 bits per heavy atom. The Morgan fingerprint density at radius 1 is 1.29 bits per heavy atom. The second kappa shape index (κ2) is 3.92. The van der Waals surface area contributed by atoms with Crippen molar-refractivity contribution >= 4 is 5.69 Å². The number of rotatable bonds is 2. The van der Waals surface area contributed by atoms with Gasteiger partial charge in [0.05, 0.1) is 0 Å². The summed E-state index contributed by atoms with van der Waals surface area (Å²) in [4.78, 5) is 4.25. The minimum Gasteiger partial charge on any atom is -0.398 e. The zero-order chi connectivity index (χ0) is 9.80. The molecule has 1 aromatic carbocycles. The van der Waals surface area contributed by atoms with E-state index in [0.717, 1.165) is 12.1 Å². The van der Waals surface area contributed by atoms with Gasteiger partial charge >= 0.3 is 0 Å². The van der Waals surface area contributed by atoms with Gasteiger partial charge in [-0.1, -0.05) is 18.2 Å². The summed E-state index contributed by atoms with van der Waals surface area (Å²) < 4.78 is 0. The third-order valence-corrected chi connectivity index (χ3v) is 2.00. The molecule has 0 spiro atoms. The summed E-state index contributed by atoms with van der Waals surface area (Å²) in [6, 6.07) is 14.6. The Balaban J connectivity index is 2.19. The number of anilines is 1. The van der Waals surface area contributed by atoms with E-state index in [-0.39, 0.29) is 0 Å². The van der Waals surface area contributed by atoms with E-state index >= 15 is 0 Å². The van der Waals surface area contributed by atoms with E-state index in [1.54, 1.807) is 6.20 Å². The molecule has 0 aliphatic carbocycles. The maximum absolute atomic E-state index is 5.64. The lowest BCUT2D eigenvalue weighted by atomic mass is 10.1. The first-order chi connectivity index (χ1) is 6.84. The summed E-state index contributed by atoms with van der Waals surface area (Å²) in [5.41, 5.74) is 8.54. The average Bonchev–Trinajstić information content (AvgIpc) is 2.19. The second-order valence-corrected chi connectivity index (χ2v) is 3.15. The van der Waals surface area contributed by atoms with Crippen molar-refractivity contribution < 1.29 is 0 Å². The molecular weight excluding hydrogens is 172 g/mol. The van der Waals surface area contributed by atoms with E-state index in [1.807, 2.05) is 36.4 Å². The molecule has 0 bridgehead atoms. The van der Waals surface area contributed by atoms with Crippen LogP contribution in [0.15, 0.2) is 42.6 Å². The van der Waals surface area contributed by atoms with Crippen molar-refractivity contribution in [2.24, 2.45) is 0 Å². The second-order valence-electron chi connectivity index (χ2n) is 3.15. The Bertz CT molecular complexity index is 410. The van der Waals surface area contributed by atoms with Crippen LogP contribution in [-0.4, -0.2) is 4.98 Å². The van der Waals surface area contributed by atoms with Gasteiger partial charge in [-0.2, -0.15) is 0 Å². The van der Waals surface area contributed by atoms with Crippen LogP contribution in [0.3, 0.4) is 0 Å². The van der Waals surface area contributed by atoms with Gasteiger partial charge in [0, 0.05) is 30.1 Å². The molecule has 2 N–H and O–H groups in total. The van der Waals surface area contributed by atoms with Gasteiger partial charge in [-0.25, -0.2) is 0 Å². The van der Waals surface area contributed by atoms with Crippen LogP contribution in [0.1, 0.15) is 11.3 Å². The highest BCUT2D eigenvalue weighted by atomic mass is 14.7. The summed E-state index contributed by atoms with van der Waals surface area (Å²) in [6.07, 6.45) is 2.62. The molecule has 14 heavy (non-hydrogen) atoms. The van der Waals surface area contributed by atoms with Crippen molar-refractivity contribution in [3.63, 3.8) is 0 Å². The largest absolute Gasteiger partial charge is 0.398 e. The molecule has 1 heterocycles. The van der Waals surface area contributed by atoms with Crippen LogP contribution in [-0.2, 0) is 6.42 Å². The smallest absolute Gasteiger partial charge is 0.0447 e. The number of nitrogen functional groups attached to an aromatic ring is 1. The zero-order valence-electron chi connectivity index (χ0n) is 7.77. The molecule has 0 unspecified atom stereocenters. The van der Waals surface area contributed by atoms with E-state index in [2.05, 4.69) is 11.1 Å². The number of aromatic nitrogens is 1. The number of hydrogen-bond acceptors (Lipinski definition) is 2. The van der Waals surface area contributed by atoms with Gasteiger partial charge in [0.25, 0.3) is 0 Å². The van der Waals surface area contributed by atoms with Crippen LogP contribution < -0.4 is 5.73 Å². The normalized spacial score (nSPS) is 10.0. The van der Waals surface area contributed by atoms with Crippen molar-refractivity contribution in [1.82, 2.24) is 4.98 Å². The van der Waals surface area contributed by atoms with Crippen LogP contribution in [0.2, 0.25) is 0 Å². The molecule has 0 atom stereocenters. The highest BCUT2D eigenvalue weighted by Gasteiger charge is 1.96.